The zero-order chi connectivity index (χ0) is 13.6. The fraction of sp³-hybridized carbons (Fsp3) is 0.462. The number of rotatable bonds is 0. The van der Waals surface area contributed by atoms with Crippen molar-refractivity contribution in [2.45, 2.75) is 12.6 Å². The summed E-state index contributed by atoms with van der Waals surface area (Å²) in [7, 11) is 2.08. The van der Waals surface area contributed by atoms with E-state index in [1.165, 1.54) is 0 Å². The van der Waals surface area contributed by atoms with Crippen molar-refractivity contribution in [2.24, 2.45) is 0 Å². The molecule has 0 bridgehead atoms. The first-order valence-corrected chi connectivity index (χ1v) is 7.07. The molecule has 1 fully saturated rings. The molecule has 0 aliphatic carbocycles. The van der Waals surface area contributed by atoms with Gasteiger partial charge < -0.3 is 15.1 Å². The van der Waals surface area contributed by atoms with E-state index in [-0.39, 0.29) is 12.1 Å². The number of amides is 1. The number of hydrogen-bond acceptors (Lipinski definition) is 3. The predicted octanol–water partition coefficient (Wildman–Crippen LogP) is 2.20. The molecular weight excluding hydrogens is 285 g/mol. The molecule has 1 aromatic rings. The summed E-state index contributed by atoms with van der Waals surface area (Å²) in [5.74, 6) is -0.131. The first kappa shape index (κ1) is 13.0. The molecule has 2 heterocycles. The number of carbonyl (C=O) groups is 1. The Morgan fingerprint density at radius 3 is 2.74 bits per heavy atom. The molecule has 6 heteroatoms. The Hall–Kier alpha value is -0.970. The highest BCUT2D eigenvalue weighted by molar-refractivity contribution is 6.38. The Bertz CT molecular complexity index is 535. The third kappa shape index (κ3) is 2.18. The van der Waals surface area contributed by atoms with Crippen molar-refractivity contribution >= 4 is 34.8 Å². The summed E-state index contributed by atoms with van der Waals surface area (Å²) in [5.41, 5.74) is 1.27. The van der Waals surface area contributed by atoms with E-state index in [0.29, 0.717) is 15.6 Å². The van der Waals surface area contributed by atoms with Gasteiger partial charge in [0.1, 0.15) is 6.17 Å². The van der Waals surface area contributed by atoms with E-state index in [0.717, 1.165) is 31.7 Å². The minimum atomic E-state index is -0.131. The number of nitrogens with one attached hydrogen (secondary N) is 1. The number of hydrogen-bond donors (Lipinski definition) is 1. The SMILES string of the molecule is CN1CC[C@H]2NC(=O)c3c(Cl)ccc(Cl)c3N2CC1. The van der Waals surface area contributed by atoms with Gasteiger partial charge in [0, 0.05) is 19.6 Å². The lowest BCUT2D eigenvalue weighted by molar-refractivity contribution is 0.0926. The van der Waals surface area contributed by atoms with Crippen LogP contribution in [0.25, 0.3) is 0 Å². The van der Waals surface area contributed by atoms with Gasteiger partial charge in [-0.05, 0) is 25.6 Å². The number of nitrogens with zero attached hydrogens (tertiary/aromatic N) is 2. The molecule has 1 amide bonds. The van der Waals surface area contributed by atoms with Crippen LogP contribution in [0, 0.1) is 0 Å². The smallest absolute Gasteiger partial charge is 0.256 e. The number of halogens is 2. The van der Waals surface area contributed by atoms with Crippen molar-refractivity contribution in [3.05, 3.63) is 27.7 Å². The van der Waals surface area contributed by atoms with Crippen LogP contribution in [0.1, 0.15) is 16.8 Å². The number of carbonyl (C=O) groups excluding carboxylic acids is 1. The number of anilines is 1. The van der Waals surface area contributed by atoms with Crippen LogP contribution in [0.5, 0.6) is 0 Å². The maximum Gasteiger partial charge on any atom is 0.256 e. The molecule has 0 aromatic heterocycles. The first-order valence-electron chi connectivity index (χ1n) is 6.32. The van der Waals surface area contributed by atoms with E-state index in [4.69, 9.17) is 23.2 Å². The summed E-state index contributed by atoms with van der Waals surface area (Å²) in [6.45, 7) is 2.72. The second-order valence-corrected chi connectivity index (χ2v) is 5.84. The van der Waals surface area contributed by atoms with Crippen molar-refractivity contribution in [1.82, 2.24) is 10.2 Å². The van der Waals surface area contributed by atoms with Crippen molar-refractivity contribution in [3.63, 3.8) is 0 Å². The molecule has 4 nitrogen and oxygen atoms in total. The third-order valence-electron chi connectivity index (χ3n) is 3.77. The van der Waals surface area contributed by atoms with E-state index in [1.807, 2.05) is 0 Å². The zero-order valence-electron chi connectivity index (χ0n) is 10.6. The summed E-state index contributed by atoms with van der Waals surface area (Å²) in [4.78, 5) is 16.6. The zero-order valence-corrected chi connectivity index (χ0v) is 12.1. The highest BCUT2D eigenvalue weighted by atomic mass is 35.5. The van der Waals surface area contributed by atoms with Crippen LogP contribution in [-0.2, 0) is 0 Å². The number of likely N-dealkylation sites (N-methyl/N-ethyl adjacent to an activating group) is 1. The Morgan fingerprint density at radius 2 is 1.95 bits per heavy atom. The Kier molecular flexibility index (Phi) is 3.33. The van der Waals surface area contributed by atoms with Gasteiger partial charge in [0.25, 0.3) is 5.91 Å². The molecule has 2 aliphatic heterocycles. The van der Waals surface area contributed by atoms with E-state index < -0.39 is 0 Å². The van der Waals surface area contributed by atoms with Crippen molar-refractivity contribution < 1.29 is 4.79 Å². The second-order valence-electron chi connectivity index (χ2n) is 5.03. The average Bonchev–Trinajstić information content (AvgIpc) is 2.56. The normalized spacial score (nSPS) is 23.4. The van der Waals surface area contributed by atoms with Gasteiger partial charge in [-0.3, -0.25) is 4.79 Å². The maximum absolute atomic E-state index is 12.2. The van der Waals surface area contributed by atoms with Crippen LogP contribution in [-0.4, -0.2) is 43.7 Å². The summed E-state index contributed by atoms with van der Waals surface area (Å²) < 4.78 is 0. The molecule has 19 heavy (non-hydrogen) atoms. The molecule has 0 saturated carbocycles. The van der Waals surface area contributed by atoms with Gasteiger partial charge in [0.15, 0.2) is 0 Å². The van der Waals surface area contributed by atoms with Crippen LogP contribution in [0.2, 0.25) is 10.0 Å². The predicted molar refractivity (Wildman–Crippen MR) is 77.2 cm³/mol. The molecule has 1 N–H and O–H groups in total. The maximum atomic E-state index is 12.2. The molecule has 1 saturated heterocycles. The standard InChI is InChI=1S/C13H15Cl2N3O/c1-17-5-4-10-16-13(19)11-8(14)2-3-9(15)12(11)18(10)7-6-17/h2-3,10H,4-7H2,1H3,(H,16,19)/t10-/m0/s1. The molecule has 0 unspecified atom stereocenters. The monoisotopic (exact) mass is 299 g/mol. The lowest BCUT2D eigenvalue weighted by Crippen LogP contribution is -2.53. The van der Waals surface area contributed by atoms with Crippen molar-refractivity contribution in [3.8, 4) is 0 Å². The van der Waals surface area contributed by atoms with Gasteiger partial charge in [-0.2, -0.15) is 0 Å². The van der Waals surface area contributed by atoms with Crippen molar-refractivity contribution in [1.29, 1.82) is 0 Å². The highest BCUT2D eigenvalue weighted by Gasteiger charge is 2.35. The summed E-state index contributed by atoms with van der Waals surface area (Å²) in [5, 5.41) is 4.06. The quantitative estimate of drug-likeness (QED) is 0.798. The average molecular weight is 300 g/mol. The summed E-state index contributed by atoms with van der Waals surface area (Å²) in [6, 6.07) is 3.43. The highest BCUT2D eigenvalue weighted by Crippen LogP contribution is 2.38. The summed E-state index contributed by atoms with van der Waals surface area (Å²) >= 11 is 12.4. The van der Waals surface area contributed by atoms with Gasteiger partial charge in [0.2, 0.25) is 0 Å². The Morgan fingerprint density at radius 1 is 1.21 bits per heavy atom. The molecule has 1 atom stereocenters. The number of benzene rings is 1. The summed E-state index contributed by atoms with van der Waals surface area (Å²) in [6.07, 6.45) is 0.880. The van der Waals surface area contributed by atoms with E-state index in [2.05, 4.69) is 22.2 Å². The van der Waals surface area contributed by atoms with E-state index in [1.54, 1.807) is 12.1 Å². The van der Waals surface area contributed by atoms with Crippen LogP contribution >= 0.6 is 23.2 Å². The fourth-order valence-electron chi connectivity index (χ4n) is 2.72. The minimum Gasteiger partial charge on any atom is -0.348 e. The lowest BCUT2D eigenvalue weighted by atomic mass is 10.1. The Balaban J connectivity index is 2.10. The van der Waals surface area contributed by atoms with Crippen molar-refractivity contribution in [2.75, 3.05) is 31.6 Å². The molecule has 1 aromatic carbocycles. The molecule has 2 aliphatic rings. The molecule has 102 valence electrons. The van der Waals surface area contributed by atoms with Gasteiger partial charge in [-0.1, -0.05) is 23.2 Å². The van der Waals surface area contributed by atoms with E-state index >= 15 is 0 Å². The number of fused-ring (bicyclic) bond motifs is 3. The van der Waals surface area contributed by atoms with Crippen LogP contribution in [0.4, 0.5) is 5.69 Å². The topological polar surface area (TPSA) is 35.6 Å². The van der Waals surface area contributed by atoms with E-state index in [9.17, 15) is 4.79 Å². The Labute approximate surface area is 122 Å². The van der Waals surface area contributed by atoms with Crippen LogP contribution in [0.3, 0.4) is 0 Å². The fourth-order valence-corrected chi connectivity index (χ4v) is 3.23. The van der Waals surface area contributed by atoms with Crippen LogP contribution in [0.15, 0.2) is 12.1 Å². The van der Waals surface area contributed by atoms with Gasteiger partial charge in [0.05, 0.1) is 21.3 Å². The van der Waals surface area contributed by atoms with Gasteiger partial charge in [-0.25, -0.2) is 0 Å². The largest absolute Gasteiger partial charge is 0.348 e. The lowest BCUT2D eigenvalue weighted by Gasteiger charge is -2.38. The van der Waals surface area contributed by atoms with Gasteiger partial charge in [-0.15, -0.1) is 0 Å². The second kappa shape index (κ2) is 4.85. The molecule has 0 spiro atoms. The minimum absolute atomic E-state index is 0.000849. The van der Waals surface area contributed by atoms with Crippen LogP contribution < -0.4 is 10.2 Å². The molecule has 3 rings (SSSR count). The molecular formula is C13H15Cl2N3O. The van der Waals surface area contributed by atoms with Gasteiger partial charge >= 0.3 is 0 Å². The molecule has 0 radical (unpaired) electrons. The first-order chi connectivity index (χ1) is 9.08. The third-order valence-corrected chi connectivity index (χ3v) is 4.39.